The van der Waals surface area contributed by atoms with Crippen molar-refractivity contribution in [3.8, 4) is 6.07 Å². The molecule has 2 atom stereocenters. The van der Waals surface area contributed by atoms with E-state index in [-0.39, 0.29) is 0 Å². The fourth-order valence-electron chi connectivity index (χ4n) is 3.57. The molecule has 2 fully saturated rings. The smallest absolute Gasteiger partial charge is 0.0628 e. The quantitative estimate of drug-likeness (QED) is 0.787. The molecule has 0 aromatic heterocycles. The van der Waals surface area contributed by atoms with E-state index in [1.165, 1.54) is 38.5 Å². The van der Waals surface area contributed by atoms with Crippen LogP contribution < -0.4 is 5.73 Å². The lowest BCUT2D eigenvalue weighted by Crippen LogP contribution is -2.47. The molecule has 0 amide bonds. The Balaban J connectivity index is 1.97. The minimum Gasteiger partial charge on any atom is -0.330 e. The Morgan fingerprint density at radius 3 is 2.61 bits per heavy atom. The van der Waals surface area contributed by atoms with Gasteiger partial charge in [0.1, 0.15) is 0 Å². The predicted molar refractivity (Wildman–Crippen MR) is 73.9 cm³/mol. The molecular formula is C15H27N3. The maximum atomic E-state index is 8.95. The van der Waals surface area contributed by atoms with E-state index in [0.29, 0.717) is 17.4 Å². The van der Waals surface area contributed by atoms with Gasteiger partial charge in [0.25, 0.3) is 0 Å². The SMILES string of the molecule is CCN(CC1(CC#N)CC1)C1CCCCC1CN. The Morgan fingerprint density at radius 2 is 2.06 bits per heavy atom. The Labute approximate surface area is 111 Å². The Hall–Kier alpha value is -0.590. The first-order chi connectivity index (χ1) is 8.74. The van der Waals surface area contributed by atoms with Crippen molar-refractivity contribution < 1.29 is 0 Å². The summed E-state index contributed by atoms with van der Waals surface area (Å²) < 4.78 is 0. The van der Waals surface area contributed by atoms with Crippen molar-refractivity contribution in [1.82, 2.24) is 4.90 Å². The molecule has 2 aliphatic carbocycles. The maximum Gasteiger partial charge on any atom is 0.0628 e. The molecule has 2 aliphatic rings. The first-order valence-electron chi connectivity index (χ1n) is 7.56. The first-order valence-corrected chi connectivity index (χ1v) is 7.56. The van der Waals surface area contributed by atoms with Crippen LogP contribution in [0.3, 0.4) is 0 Å². The topological polar surface area (TPSA) is 53.0 Å². The molecule has 0 aromatic rings. The number of nitriles is 1. The number of hydrogen-bond acceptors (Lipinski definition) is 3. The Kier molecular flexibility index (Phi) is 4.64. The molecule has 2 N–H and O–H groups in total. The molecule has 0 spiro atoms. The van der Waals surface area contributed by atoms with E-state index in [2.05, 4.69) is 17.9 Å². The summed E-state index contributed by atoms with van der Waals surface area (Å²) in [4.78, 5) is 2.63. The van der Waals surface area contributed by atoms with Gasteiger partial charge in [-0.1, -0.05) is 19.8 Å². The van der Waals surface area contributed by atoms with Gasteiger partial charge in [-0.25, -0.2) is 0 Å². The van der Waals surface area contributed by atoms with E-state index in [9.17, 15) is 0 Å². The second kappa shape index (κ2) is 6.04. The fourth-order valence-corrected chi connectivity index (χ4v) is 3.57. The average Bonchev–Trinajstić information content (AvgIpc) is 3.16. The highest BCUT2D eigenvalue weighted by atomic mass is 15.2. The number of nitrogens with two attached hydrogens (primary N) is 1. The van der Waals surface area contributed by atoms with Crippen LogP contribution in [0.15, 0.2) is 0 Å². The Bertz CT molecular complexity index is 303. The van der Waals surface area contributed by atoms with Gasteiger partial charge in [-0.3, -0.25) is 4.90 Å². The van der Waals surface area contributed by atoms with E-state index < -0.39 is 0 Å². The maximum absolute atomic E-state index is 8.95. The summed E-state index contributed by atoms with van der Waals surface area (Å²) in [5.41, 5.74) is 6.28. The lowest BCUT2D eigenvalue weighted by atomic mass is 9.83. The molecule has 0 heterocycles. The molecule has 2 rings (SSSR count). The van der Waals surface area contributed by atoms with Gasteiger partial charge in [-0.2, -0.15) is 5.26 Å². The first kappa shape index (κ1) is 13.8. The largest absolute Gasteiger partial charge is 0.330 e. The van der Waals surface area contributed by atoms with Crippen molar-refractivity contribution in [3.63, 3.8) is 0 Å². The van der Waals surface area contributed by atoms with Gasteiger partial charge in [0.15, 0.2) is 0 Å². The van der Waals surface area contributed by atoms with Crippen molar-refractivity contribution in [2.45, 2.75) is 57.9 Å². The van der Waals surface area contributed by atoms with Crippen LogP contribution in [-0.2, 0) is 0 Å². The van der Waals surface area contributed by atoms with Gasteiger partial charge < -0.3 is 5.73 Å². The van der Waals surface area contributed by atoms with Crippen LogP contribution in [0.4, 0.5) is 0 Å². The highest BCUT2D eigenvalue weighted by Gasteiger charge is 2.45. The molecule has 0 radical (unpaired) electrons. The molecule has 0 bridgehead atoms. The monoisotopic (exact) mass is 249 g/mol. The van der Waals surface area contributed by atoms with Crippen LogP contribution in [0.1, 0.15) is 51.9 Å². The zero-order chi connectivity index (χ0) is 13.0. The molecule has 3 nitrogen and oxygen atoms in total. The summed E-state index contributed by atoms with van der Waals surface area (Å²) in [6, 6.07) is 3.05. The van der Waals surface area contributed by atoms with Gasteiger partial charge in [0, 0.05) is 19.0 Å². The van der Waals surface area contributed by atoms with E-state index >= 15 is 0 Å². The normalized spacial score (nSPS) is 30.1. The van der Waals surface area contributed by atoms with Crippen LogP contribution >= 0.6 is 0 Å². The second-order valence-corrected chi connectivity index (χ2v) is 6.25. The van der Waals surface area contributed by atoms with Crippen molar-refractivity contribution in [2.75, 3.05) is 19.6 Å². The molecule has 102 valence electrons. The molecule has 0 aliphatic heterocycles. The van der Waals surface area contributed by atoms with Crippen LogP contribution in [-0.4, -0.2) is 30.6 Å². The summed E-state index contributed by atoms with van der Waals surface area (Å²) in [5, 5.41) is 8.95. The third-order valence-corrected chi connectivity index (χ3v) is 5.00. The Morgan fingerprint density at radius 1 is 1.33 bits per heavy atom. The zero-order valence-electron chi connectivity index (χ0n) is 11.7. The van der Waals surface area contributed by atoms with Crippen LogP contribution in [0.5, 0.6) is 0 Å². The molecule has 3 heteroatoms. The third-order valence-electron chi connectivity index (χ3n) is 5.00. The van der Waals surface area contributed by atoms with Crippen LogP contribution in [0, 0.1) is 22.7 Å². The number of nitrogens with zero attached hydrogens (tertiary/aromatic N) is 2. The van der Waals surface area contributed by atoms with E-state index in [1.807, 2.05) is 0 Å². The molecule has 2 saturated carbocycles. The average molecular weight is 249 g/mol. The van der Waals surface area contributed by atoms with E-state index in [1.54, 1.807) is 0 Å². The van der Waals surface area contributed by atoms with Gasteiger partial charge in [0.05, 0.1) is 6.07 Å². The molecule has 18 heavy (non-hydrogen) atoms. The predicted octanol–water partition coefficient (Wildman–Crippen LogP) is 2.52. The highest BCUT2D eigenvalue weighted by molar-refractivity contribution is 5.02. The van der Waals surface area contributed by atoms with Gasteiger partial charge >= 0.3 is 0 Å². The number of rotatable bonds is 6. The second-order valence-electron chi connectivity index (χ2n) is 6.25. The molecule has 2 unspecified atom stereocenters. The van der Waals surface area contributed by atoms with Gasteiger partial charge in [-0.15, -0.1) is 0 Å². The molecular weight excluding hydrogens is 222 g/mol. The summed E-state index contributed by atoms with van der Waals surface area (Å²) in [7, 11) is 0. The number of hydrogen-bond donors (Lipinski definition) is 1. The minimum atomic E-state index is 0.335. The molecule has 0 saturated heterocycles. The molecule has 0 aromatic carbocycles. The van der Waals surface area contributed by atoms with Crippen molar-refractivity contribution in [2.24, 2.45) is 17.1 Å². The van der Waals surface area contributed by atoms with Gasteiger partial charge in [-0.05, 0) is 50.1 Å². The summed E-state index contributed by atoms with van der Waals surface area (Å²) in [6.07, 6.45) is 8.53. The highest BCUT2D eigenvalue weighted by Crippen LogP contribution is 2.49. The van der Waals surface area contributed by atoms with Crippen molar-refractivity contribution >= 4 is 0 Å². The van der Waals surface area contributed by atoms with Crippen molar-refractivity contribution in [1.29, 1.82) is 5.26 Å². The lowest BCUT2D eigenvalue weighted by molar-refractivity contribution is 0.0910. The summed E-state index contributed by atoms with van der Waals surface area (Å²) >= 11 is 0. The minimum absolute atomic E-state index is 0.335. The summed E-state index contributed by atoms with van der Waals surface area (Å²) in [5.74, 6) is 0.677. The van der Waals surface area contributed by atoms with Crippen LogP contribution in [0.2, 0.25) is 0 Å². The van der Waals surface area contributed by atoms with E-state index in [4.69, 9.17) is 11.0 Å². The fraction of sp³-hybridized carbons (Fsp3) is 0.933. The van der Waals surface area contributed by atoms with E-state index in [0.717, 1.165) is 26.1 Å². The summed E-state index contributed by atoms with van der Waals surface area (Å²) in [6.45, 7) is 5.31. The zero-order valence-corrected chi connectivity index (χ0v) is 11.7. The van der Waals surface area contributed by atoms with Crippen LogP contribution in [0.25, 0.3) is 0 Å². The van der Waals surface area contributed by atoms with Crippen molar-refractivity contribution in [3.05, 3.63) is 0 Å². The van der Waals surface area contributed by atoms with Gasteiger partial charge in [0.2, 0.25) is 0 Å². The lowest BCUT2D eigenvalue weighted by Gasteiger charge is -2.40. The standard InChI is InChI=1S/C15H27N3/c1-2-18(12-15(7-8-15)9-10-16)14-6-4-3-5-13(14)11-17/h13-14H,2-9,11-12,17H2,1H3. The third kappa shape index (κ3) is 3.05.